The Kier molecular flexibility index (Phi) is 8.62. The van der Waals surface area contributed by atoms with Crippen LogP contribution in [0.3, 0.4) is 0 Å². The minimum atomic E-state index is -0.148. The van der Waals surface area contributed by atoms with Gasteiger partial charge in [0, 0.05) is 42.2 Å². The number of aromatic nitrogens is 2. The molecule has 3 aliphatic rings. The molecular weight excluding hydrogens is 536 g/mol. The van der Waals surface area contributed by atoms with Crippen LogP contribution in [0.1, 0.15) is 62.4 Å². The van der Waals surface area contributed by atoms with Crippen molar-refractivity contribution in [2.24, 2.45) is 0 Å². The Hall–Kier alpha value is -3.96. The van der Waals surface area contributed by atoms with Crippen LogP contribution in [-0.4, -0.2) is 76.6 Å². The van der Waals surface area contributed by atoms with E-state index in [2.05, 4.69) is 77.5 Å². The van der Waals surface area contributed by atoms with Gasteiger partial charge < -0.3 is 19.4 Å². The fourth-order valence-corrected chi connectivity index (χ4v) is 7.40. The summed E-state index contributed by atoms with van der Waals surface area (Å²) in [5, 5.41) is 2.48. The first-order valence-electron chi connectivity index (χ1n) is 15.7. The van der Waals surface area contributed by atoms with E-state index in [0.29, 0.717) is 44.2 Å². The Morgan fingerprint density at radius 2 is 1.95 bits per heavy atom. The normalized spacial score (nSPS) is 22.4. The van der Waals surface area contributed by atoms with Gasteiger partial charge in [-0.3, -0.25) is 9.69 Å². The molecule has 0 N–H and O–H groups in total. The molecule has 0 spiro atoms. The molecule has 0 bridgehead atoms. The number of nitrogens with zero attached hydrogens (tertiary/aromatic N) is 6. The lowest BCUT2D eigenvalue weighted by Gasteiger charge is -2.38. The number of carbonyl (C=O) groups excluding carboxylic acids is 1. The summed E-state index contributed by atoms with van der Waals surface area (Å²) in [6.45, 7) is 19.8. The summed E-state index contributed by atoms with van der Waals surface area (Å²) in [6.07, 6.45) is 6.03. The van der Waals surface area contributed by atoms with Crippen molar-refractivity contribution >= 4 is 22.4 Å². The second-order valence-corrected chi connectivity index (χ2v) is 12.4. The Morgan fingerprint density at radius 1 is 1.12 bits per heavy atom. The summed E-state index contributed by atoms with van der Waals surface area (Å²) in [6, 6.07) is 16.2. The summed E-state index contributed by atoms with van der Waals surface area (Å²) in [4.78, 5) is 33.2. The van der Waals surface area contributed by atoms with Gasteiger partial charge in [0.25, 0.3) is 0 Å². The molecule has 2 fully saturated rings. The molecule has 1 unspecified atom stereocenters. The van der Waals surface area contributed by atoms with Gasteiger partial charge in [0.1, 0.15) is 12.6 Å². The summed E-state index contributed by atoms with van der Waals surface area (Å²) in [7, 11) is 0. The molecule has 4 heterocycles. The molecular formula is C35H42N6O2. The van der Waals surface area contributed by atoms with E-state index < -0.39 is 0 Å². The standard InChI is InChI=1S/C35H42N6O2/c1-5-33(42)41-19-15-26(20-28(41)21-36-4)34-30-16-18-39(32-14-8-11-25-10-6-7-13-29(25)32)22-31(30)37-35(38-34)43-23-27-12-9-17-40(27)24(2)3/h5-8,10-11,13-14,24,26-28H,1,9,12,15-23H2,2-3H3/t26?,27-,28+/m0/s1. The third-order valence-corrected chi connectivity index (χ3v) is 9.54. The van der Waals surface area contributed by atoms with Crippen molar-refractivity contribution in [1.29, 1.82) is 0 Å². The molecule has 8 nitrogen and oxygen atoms in total. The lowest BCUT2D eigenvalue weighted by atomic mass is 9.84. The fourth-order valence-electron chi connectivity index (χ4n) is 7.40. The van der Waals surface area contributed by atoms with Crippen molar-refractivity contribution in [1.82, 2.24) is 19.8 Å². The molecule has 3 aliphatic heterocycles. The van der Waals surface area contributed by atoms with Crippen molar-refractivity contribution in [3.63, 3.8) is 0 Å². The number of ether oxygens (including phenoxy) is 1. The first-order chi connectivity index (χ1) is 21.0. The van der Waals surface area contributed by atoms with E-state index in [4.69, 9.17) is 21.3 Å². The minimum Gasteiger partial charge on any atom is -0.462 e. The lowest BCUT2D eigenvalue weighted by Crippen LogP contribution is -2.46. The molecule has 1 amide bonds. The molecule has 1 aromatic heterocycles. The first kappa shape index (κ1) is 29.1. The highest BCUT2D eigenvalue weighted by Gasteiger charge is 2.37. The van der Waals surface area contributed by atoms with Gasteiger partial charge in [0.2, 0.25) is 12.5 Å². The van der Waals surface area contributed by atoms with Crippen molar-refractivity contribution in [3.8, 4) is 6.01 Å². The van der Waals surface area contributed by atoms with E-state index in [-0.39, 0.29) is 24.4 Å². The number of benzene rings is 2. The Labute approximate surface area is 255 Å². The fraction of sp³-hybridized carbons (Fsp3) is 0.486. The molecule has 0 saturated carbocycles. The smallest absolute Gasteiger partial charge is 0.316 e. The maximum absolute atomic E-state index is 12.6. The molecule has 2 aromatic carbocycles. The third kappa shape index (κ3) is 5.96. The second kappa shape index (κ2) is 12.7. The average molecular weight is 579 g/mol. The van der Waals surface area contributed by atoms with Crippen LogP contribution in [0.5, 0.6) is 6.01 Å². The Balaban J connectivity index is 1.32. The van der Waals surface area contributed by atoms with Crippen molar-refractivity contribution in [2.75, 3.05) is 37.7 Å². The highest BCUT2D eigenvalue weighted by Crippen LogP contribution is 2.38. The number of likely N-dealkylation sites (tertiary alicyclic amines) is 2. The topological polar surface area (TPSA) is 66.2 Å². The predicted octanol–water partition coefficient (Wildman–Crippen LogP) is 5.62. The van der Waals surface area contributed by atoms with Gasteiger partial charge in [-0.2, -0.15) is 9.97 Å². The molecule has 43 heavy (non-hydrogen) atoms. The quantitative estimate of drug-likeness (QED) is 0.255. The monoisotopic (exact) mass is 578 g/mol. The summed E-state index contributed by atoms with van der Waals surface area (Å²) in [5.74, 6) is 0.0419. The highest BCUT2D eigenvalue weighted by molar-refractivity contribution is 5.94. The summed E-state index contributed by atoms with van der Waals surface area (Å²) < 4.78 is 6.42. The number of anilines is 1. The molecule has 2 saturated heterocycles. The van der Waals surface area contributed by atoms with Crippen LogP contribution in [-0.2, 0) is 17.8 Å². The second-order valence-electron chi connectivity index (χ2n) is 12.4. The van der Waals surface area contributed by atoms with Gasteiger partial charge in [-0.15, -0.1) is 0 Å². The maximum atomic E-state index is 12.6. The summed E-state index contributed by atoms with van der Waals surface area (Å²) >= 11 is 0. The van der Waals surface area contributed by atoms with Gasteiger partial charge in [0.05, 0.1) is 17.9 Å². The number of amides is 1. The number of hydrogen-bond donors (Lipinski definition) is 0. The number of piperidine rings is 1. The molecule has 3 aromatic rings. The highest BCUT2D eigenvalue weighted by atomic mass is 16.5. The van der Waals surface area contributed by atoms with Gasteiger partial charge in [-0.1, -0.05) is 43.0 Å². The molecule has 0 radical (unpaired) electrons. The third-order valence-electron chi connectivity index (χ3n) is 9.54. The van der Waals surface area contributed by atoms with E-state index in [9.17, 15) is 4.79 Å². The number of hydrogen-bond acceptors (Lipinski definition) is 6. The summed E-state index contributed by atoms with van der Waals surface area (Å²) in [5.41, 5.74) is 4.50. The van der Waals surface area contributed by atoms with Crippen LogP contribution < -0.4 is 9.64 Å². The number of fused-ring (bicyclic) bond motifs is 2. The largest absolute Gasteiger partial charge is 0.462 e. The van der Waals surface area contributed by atoms with E-state index in [1.807, 2.05) is 4.90 Å². The minimum absolute atomic E-state index is 0.0992. The van der Waals surface area contributed by atoms with Crippen molar-refractivity contribution in [3.05, 3.63) is 83.5 Å². The lowest BCUT2D eigenvalue weighted by molar-refractivity contribution is -0.129. The zero-order valence-electron chi connectivity index (χ0n) is 25.4. The van der Waals surface area contributed by atoms with Crippen LogP contribution in [0.2, 0.25) is 0 Å². The zero-order valence-corrected chi connectivity index (χ0v) is 25.4. The van der Waals surface area contributed by atoms with E-state index in [1.54, 1.807) is 0 Å². The molecule has 0 aliphatic carbocycles. The molecule has 6 rings (SSSR count). The zero-order chi connectivity index (χ0) is 29.9. The van der Waals surface area contributed by atoms with Crippen molar-refractivity contribution in [2.45, 2.75) is 76.5 Å². The van der Waals surface area contributed by atoms with Gasteiger partial charge in [0.15, 0.2) is 0 Å². The Bertz CT molecular complexity index is 1530. The van der Waals surface area contributed by atoms with Crippen LogP contribution in [0.25, 0.3) is 15.6 Å². The number of carbonyl (C=O) groups is 1. The molecule has 8 heteroatoms. The SMILES string of the molecule is [C-]#[N+]C[C@H]1CC(c2nc(OC[C@@H]3CCCN3C(C)C)nc3c2CCN(c2cccc4ccccc24)C3)CCN1C(=O)C=C. The average Bonchev–Trinajstić information content (AvgIpc) is 3.52. The van der Waals surface area contributed by atoms with Crippen LogP contribution in [0.4, 0.5) is 5.69 Å². The van der Waals surface area contributed by atoms with E-state index in [1.165, 1.54) is 34.5 Å². The van der Waals surface area contributed by atoms with Gasteiger partial charge in [-0.05, 0) is 75.6 Å². The number of rotatable bonds is 8. The predicted molar refractivity (Wildman–Crippen MR) is 170 cm³/mol. The molecule has 3 atom stereocenters. The first-order valence-corrected chi connectivity index (χ1v) is 15.7. The molecule has 224 valence electrons. The van der Waals surface area contributed by atoms with E-state index >= 15 is 0 Å². The van der Waals surface area contributed by atoms with Crippen molar-refractivity contribution < 1.29 is 9.53 Å². The van der Waals surface area contributed by atoms with Crippen LogP contribution in [0, 0.1) is 6.57 Å². The van der Waals surface area contributed by atoms with Gasteiger partial charge in [-0.25, -0.2) is 6.57 Å². The van der Waals surface area contributed by atoms with Gasteiger partial charge >= 0.3 is 6.01 Å². The Morgan fingerprint density at radius 3 is 2.77 bits per heavy atom. The van der Waals surface area contributed by atoms with Crippen LogP contribution in [0.15, 0.2) is 55.1 Å². The van der Waals surface area contributed by atoms with E-state index in [0.717, 1.165) is 43.7 Å². The van der Waals surface area contributed by atoms with Crippen LogP contribution >= 0.6 is 0 Å². The maximum Gasteiger partial charge on any atom is 0.316 e.